The zero-order valence-electron chi connectivity index (χ0n) is 6.87. The van der Waals surface area contributed by atoms with E-state index >= 15 is 0 Å². The molecule has 0 rings (SSSR count). The molecule has 2 unspecified atom stereocenters. The van der Waals surface area contributed by atoms with Gasteiger partial charge in [-0.2, -0.15) is 0 Å². The van der Waals surface area contributed by atoms with E-state index in [4.69, 9.17) is 0 Å². The molecule has 0 N–H and O–H groups in total. The second-order valence-electron chi connectivity index (χ2n) is 2.42. The molecule has 0 aromatic rings. The summed E-state index contributed by atoms with van der Waals surface area (Å²) < 4.78 is 10.9. The van der Waals surface area contributed by atoms with E-state index in [2.05, 4.69) is 22.4 Å². The zero-order chi connectivity index (χ0) is 8.69. The molecule has 2 atom stereocenters. The van der Waals surface area contributed by atoms with Crippen LogP contribution in [0.15, 0.2) is 4.99 Å². The Kier molecular flexibility index (Phi) is 6.62. The third-order valence-electron chi connectivity index (χ3n) is 1.51. The highest BCUT2D eigenvalue weighted by atomic mass is 32.2. The average Bonchev–Trinajstić information content (AvgIpc) is 1.97. The fraction of sp³-hybridized carbons (Fsp3) is 0.857. The van der Waals surface area contributed by atoms with E-state index in [1.54, 1.807) is 6.26 Å². The highest BCUT2D eigenvalue weighted by Crippen LogP contribution is 2.02. The smallest absolute Gasteiger partial charge is 0.0584 e. The lowest BCUT2D eigenvalue weighted by Gasteiger charge is -2.04. The standard InChI is InChI=1S/C7H13NOS2/c1-7(11(2)9)4-3-5-8-6-10/h7H,3-5H2,1-2H3. The Morgan fingerprint density at radius 3 is 2.82 bits per heavy atom. The fourth-order valence-electron chi connectivity index (χ4n) is 0.669. The van der Waals surface area contributed by atoms with Gasteiger partial charge in [0.05, 0.1) is 5.16 Å². The fourth-order valence-corrected chi connectivity index (χ4v) is 1.26. The molecule has 0 aliphatic heterocycles. The van der Waals surface area contributed by atoms with E-state index in [1.807, 2.05) is 6.92 Å². The Morgan fingerprint density at radius 1 is 1.73 bits per heavy atom. The summed E-state index contributed by atoms with van der Waals surface area (Å²) in [4.78, 5) is 3.77. The van der Waals surface area contributed by atoms with Crippen molar-refractivity contribution in [2.75, 3.05) is 12.8 Å². The summed E-state index contributed by atoms with van der Waals surface area (Å²) in [7, 11) is -0.704. The van der Waals surface area contributed by atoms with Crippen molar-refractivity contribution in [2.24, 2.45) is 4.99 Å². The number of nitrogens with zero attached hydrogens (tertiary/aromatic N) is 1. The lowest BCUT2D eigenvalue weighted by Crippen LogP contribution is -2.08. The number of hydrogen-bond acceptors (Lipinski definition) is 3. The van der Waals surface area contributed by atoms with Crippen LogP contribution in [-0.4, -0.2) is 27.4 Å². The van der Waals surface area contributed by atoms with Gasteiger partial charge in [-0.3, -0.25) is 4.21 Å². The van der Waals surface area contributed by atoms with Crippen molar-refractivity contribution < 1.29 is 4.21 Å². The SMILES string of the molecule is CC(CCCN=C=S)S(C)=O. The van der Waals surface area contributed by atoms with Crippen molar-refractivity contribution in [1.82, 2.24) is 0 Å². The highest BCUT2D eigenvalue weighted by molar-refractivity contribution is 7.84. The van der Waals surface area contributed by atoms with Crippen LogP contribution in [0.3, 0.4) is 0 Å². The molecule has 0 saturated heterocycles. The normalized spacial score (nSPS) is 15.1. The molecule has 0 fully saturated rings. The van der Waals surface area contributed by atoms with Crippen LogP contribution in [0.2, 0.25) is 0 Å². The van der Waals surface area contributed by atoms with E-state index in [-0.39, 0.29) is 5.25 Å². The van der Waals surface area contributed by atoms with Crippen LogP contribution in [-0.2, 0) is 10.8 Å². The Hall–Kier alpha value is -0.0500. The van der Waals surface area contributed by atoms with Gasteiger partial charge in [0.1, 0.15) is 0 Å². The lowest BCUT2D eigenvalue weighted by atomic mass is 10.2. The van der Waals surface area contributed by atoms with Crippen LogP contribution < -0.4 is 0 Å². The maximum Gasteiger partial charge on any atom is 0.0584 e. The predicted octanol–water partition coefficient (Wildman–Crippen LogP) is 1.64. The first-order valence-corrected chi connectivity index (χ1v) is 5.57. The molecule has 0 radical (unpaired) electrons. The largest absolute Gasteiger partial charge is 0.260 e. The second-order valence-corrected chi connectivity index (χ2v) is 4.41. The first-order chi connectivity index (χ1) is 5.18. The van der Waals surface area contributed by atoms with Gasteiger partial charge in [0.25, 0.3) is 0 Å². The molecule has 64 valence electrons. The molecule has 11 heavy (non-hydrogen) atoms. The van der Waals surface area contributed by atoms with Crippen molar-refractivity contribution in [1.29, 1.82) is 0 Å². The summed E-state index contributed by atoms with van der Waals surface area (Å²) in [5.41, 5.74) is 0. The van der Waals surface area contributed by atoms with Gasteiger partial charge >= 0.3 is 0 Å². The summed E-state index contributed by atoms with van der Waals surface area (Å²) >= 11 is 4.41. The molecule has 0 amide bonds. The van der Waals surface area contributed by atoms with Crippen molar-refractivity contribution in [3.63, 3.8) is 0 Å². The van der Waals surface area contributed by atoms with Crippen molar-refractivity contribution in [3.05, 3.63) is 0 Å². The average molecular weight is 191 g/mol. The molecule has 2 nitrogen and oxygen atoms in total. The summed E-state index contributed by atoms with van der Waals surface area (Å²) in [5, 5.41) is 2.58. The second kappa shape index (κ2) is 6.65. The van der Waals surface area contributed by atoms with Gasteiger partial charge in [0.15, 0.2) is 0 Å². The number of isothiocyanates is 1. The molecule has 4 heteroatoms. The molecule has 0 aliphatic carbocycles. The van der Waals surface area contributed by atoms with Crippen LogP contribution in [0.25, 0.3) is 0 Å². The Labute approximate surface area is 75.6 Å². The first kappa shape index (κ1) is 11.0. The van der Waals surface area contributed by atoms with Gasteiger partial charge in [0, 0.05) is 28.9 Å². The highest BCUT2D eigenvalue weighted by Gasteiger charge is 2.03. The minimum atomic E-state index is -0.704. The molecule has 0 saturated carbocycles. The quantitative estimate of drug-likeness (QED) is 0.375. The number of aliphatic imine (C=N–C) groups is 1. The van der Waals surface area contributed by atoms with E-state index < -0.39 is 10.8 Å². The molecule has 0 heterocycles. The van der Waals surface area contributed by atoms with E-state index in [1.165, 1.54) is 0 Å². The minimum Gasteiger partial charge on any atom is -0.260 e. The van der Waals surface area contributed by atoms with Gasteiger partial charge in [-0.25, -0.2) is 4.99 Å². The third-order valence-corrected chi connectivity index (χ3v) is 3.01. The van der Waals surface area contributed by atoms with Crippen molar-refractivity contribution in [3.8, 4) is 0 Å². The first-order valence-electron chi connectivity index (χ1n) is 3.54. The Morgan fingerprint density at radius 2 is 2.36 bits per heavy atom. The van der Waals surface area contributed by atoms with Crippen molar-refractivity contribution >= 4 is 28.2 Å². The van der Waals surface area contributed by atoms with Gasteiger partial charge in [-0.05, 0) is 25.1 Å². The summed E-state index contributed by atoms with van der Waals surface area (Å²) in [6.07, 6.45) is 3.63. The summed E-state index contributed by atoms with van der Waals surface area (Å²) in [5.74, 6) is 0. The lowest BCUT2D eigenvalue weighted by molar-refractivity contribution is 0.661. The van der Waals surface area contributed by atoms with Crippen LogP contribution in [0.1, 0.15) is 19.8 Å². The van der Waals surface area contributed by atoms with Crippen LogP contribution in [0.4, 0.5) is 0 Å². The summed E-state index contributed by atoms with van der Waals surface area (Å²) in [6, 6.07) is 0. The van der Waals surface area contributed by atoms with E-state index in [0.29, 0.717) is 6.54 Å². The summed E-state index contributed by atoms with van der Waals surface area (Å²) in [6.45, 7) is 2.70. The zero-order valence-corrected chi connectivity index (χ0v) is 8.50. The van der Waals surface area contributed by atoms with Gasteiger partial charge in [-0.1, -0.05) is 6.92 Å². The minimum absolute atomic E-state index is 0.273. The van der Waals surface area contributed by atoms with Gasteiger partial charge < -0.3 is 0 Å². The number of rotatable bonds is 5. The topological polar surface area (TPSA) is 29.4 Å². The molecule has 0 spiro atoms. The maximum absolute atomic E-state index is 10.9. The van der Waals surface area contributed by atoms with Crippen LogP contribution >= 0.6 is 12.2 Å². The Bertz CT molecular complexity index is 175. The van der Waals surface area contributed by atoms with Gasteiger partial charge in [0.2, 0.25) is 0 Å². The number of hydrogen-bond donors (Lipinski definition) is 0. The molecule has 0 aromatic heterocycles. The van der Waals surface area contributed by atoms with Crippen LogP contribution in [0, 0.1) is 0 Å². The van der Waals surface area contributed by atoms with Crippen molar-refractivity contribution in [2.45, 2.75) is 25.0 Å². The molecule has 0 bridgehead atoms. The molecular formula is C7H13NOS2. The third kappa shape index (κ3) is 6.35. The number of thiocarbonyl (C=S) groups is 1. The van der Waals surface area contributed by atoms with Gasteiger partial charge in [-0.15, -0.1) is 0 Å². The molecular weight excluding hydrogens is 178 g/mol. The predicted molar refractivity (Wildman–Crippen MR) is 52.7 cm³/mol. The molecule has 0 aliphatic rings. The maximum atomic E-state index is 10.9. The Balaban J connectivity index is 3.38. The van der Waals surface area contributed by atoms with E-state index in [9.17, 15) is 4.21 Å². The monoisotopic (exact) mass is 191 g/mol. The van der Waals surface area contributed by atoms with E-state index in [0.717, 1.165) is 12.8 Å². The molecule has 0 aromatic carbocycles. The van der Waals surface area contributed by atoms with Crippen LogP contribution in [0.5, 0.6) is 0 Å².